The topological polar surface area (TPSA) is 89.8 Å². The van der Waals surface area contributed by atoms with Crippen molar-refractivity contribution in [1.82, 2.24) is 19.1 Å². The molecular weight excluding hydrogens is 368 g/mol. The molecule has 2 heterocycles. The van der Waals surface area contributed by atoms with Gasteiger partial charge in [-0.25, -0.2) is 14.2 Å². The number of fused-ring (bicyclic) bond motifs is 1. The van der Waals surface area contributed by atoms with Crippen LogP contribution in [0.5, 0.6) is 0 Å². The number of halogens is 1. The summed E-state index contributed by atoms with van der Waals surface area (Å²) in [6, 6.07) is 15.2. The normalized spacial score (nSPS) is 11.0. The predicted octanol–water partition coefficient (Wildman–Crippen LogP) is 2.19. The summed E-state index contributed by atoms with van der Waals surface area (Å²) in [6.07, 6.45) is 0. The van der Waals surface area contributed by atoms with Gasteiger partial charge in [0.2, 0.25) is 0 Å². The van der Waals surface area contributed by atoms with Crippen molar-refractivity contribution in [2.24, 2.45) is 0 Å². The number of H-pyrrole nitrogens is 1. The quantitative estimate of drug-likeness (QED) is 0.577. The molecule has 4 rings (SSSR count). The number of aromatic nitrogens is 4. The molecule has 0 saturated heterocycles. The molecule has 8 heteroatoms. The number of aromatic amines is 1. The van der Waals surface area contributed by atoms with Gasteiger partial charge >= 0.3 is 11.4 Å². The van der Waals surface area contributed by atoms with E-state index in [4.69, 9.17) is 11.6 Å². The van der Waals surface area contributed by atoms with Crippen molar-refractivity contribution in [3.8, 4) is 11.4 Å². The SMILES string of the molecule is Cc1c2c(=O)n(-c3ccc(Cl)cc3)c(=O)[nH]c2nc(=O)n1-c1ccccc1. The van der Waals surface area contributed by atoms with Crippen LogP contribution in [0, 0.1) is 6.92 Å². The van der Waals surface area contributed by atoms with Crippen LogP contribution in [0.25, 0.3) is 22.4 Å². The van der Waals surface area contributed by atoms with Crippen molar-refractivity contribution in [3.63, 3.8) is 0 Å². The fraction of sp³-hybridized carbons (Fsp3) is 0.0526. The first-order chi connectivity index (χ1) is 13.0. The molecular formula is C19H13ClN4O3. The van der Waals surface area contributed by atoms with E-state index in [1.165, 1.54) is 4.57 Å². The summed E-state index contributed by atoms with van der Waals surface area (Å²) in [4.78, 5) is 44.4. The Morgan fingerprint density at radius 3 is 2.19 bits per heavy atom. The summed E-state index contributed by atoms with van der Waals surface area (Å²) in [7, 11) is 0. The zero-order valence-electron chi connectivity index (χ0n) is 14.1. The van der Waals surface area contributed by atoms with Crippen molar-refractivity contribution in [2.45, 2.75) is 6.92 Å². The van der Waals surface area contributed by atoms with Gasteiger partial charge in [-0.15, -0.1) is 0 Å². The summed E-state index contributed by atoms with van der Waals surface area (Å²) in [5, 5.41) is 0.646. The first kappa shape index (κ1) is 17.0. The molecule has 2 aromatic carbocycles. The Hall–Kier alpha value is -3.45. The lowest BCUT2D eigenvalue weighted by Crippen LogP contribution is -2.36. The molecule has 0 aliphatic rings. The zero-order chi connectivity index (χ0) is 19.1. The minimum atomic E-state index is -0.682. The maximum atomic E-state index is 13.1. The summed E-state index contributed by atoms with van der Waals surface area (Å²) < 4.78 is 2.33. The molecule has 0 aliphatic heterocycles. The van der Waals surface area contributed by atoms with E-state index in [0.717, 1.165) is 4.57 Å². The van der Waals surface area contributed by atoms with Gasteiger partial charge in [-0.1, -0.05) is 29.8 Å². The van der Waals surface area contributed by atoms with Crippen LogP contribution in [0.15, 0.2) is 69.0 Å². The van der Waals surface area contributed by atoms with Gasteiger partial charge in [0.25, 0.3) is 5.56 Å². The molecule has 0 aliphatic carbocycles. The van der Waals surface area contributed by atoms with Gasteiger partial charge in [0.1, 0.15) is 5.39 Å². The van der Waals surface area contributed by atoms with E-state index in [9.17, 15) is 14.4 Å². The number of rotatable bonds is 2. The van der Waals surface area contributed by atoms with Crippen LogP contribution in [0.2, 0.25) is 5.02 Å². The molecule has 0 saturated carbocycles. The minimum absolute atomic E-state index is 0.0371. The van der Waals surface area contributed by atoms with Crippen molar-refractivity contribution in [1.29, 1.82) is 0 Å². The van der Waals surface area contributed by atoms with Crippen LogP contribution in [-0.2, 0) is 0 Å². The average molecular weight is 381 g/mol. The van der Waals surface area contributed by atoms with Gasteiger partial charge in [-0.05, 0) is 43.3 Å². The van der Waals surface area contributed by atoms with Gasteiger partial charge in [-0.3, -0.25) is 14.3 Å². The predicted molar refractivity (Wildman–Crippen MR) is 103 cm³/mol. The first-order valence-corrected chi connectivity index (χ1v) is 8.45. The number of nitrogens with one attached hydrogen (secondary N) is 1. The van der Waals surface area contributed by atoms with Gasteiger partial charge in [0.15, 0.2) is 5.65 Å². The van der Waals surface area contributed by atoms with Crippen molar-refractivity contribution in [3.05, 3.63) is 96.6 Å². The van der Waals surface area contributed by atoms with E-state index >= 15 is 0 Å². The van der Waals surface area contributed by atoms with Gasteiger partial charge in [-0.2, -0.15) is 4.98 Å². The lowest BCUT2D eigenvalue weighted by atomic mass is 10.2. The number of nitrogens with zero attached hydrogens (tertiary/aromatic N) is 3. The maximum absolute atomic E-state index is 13.1. The van der Waals surface area contributed by atoms with Crippen LogP contribution >= 0.6 is 11.6 Å². The molecule has 1 N–H and O–H groups in total. The van der Waals surface area contributed by atoms with E-state index in [1.54, 1.807) is 55.5 Å². The number of hydrogen-bond acceptors (Lipinski definition) is 4. The molecule has 0 unspecified atom stereocenters. The third-order valence-electron chi connectivity index (χ3n) is 4.28. The molecule has 0 spiro atoms. The Balaban J connectivity index is 2.11. The second-order valence-electron chi connectivity index (χ2n) is 5.92. The number of hydrogen-bond donors (Lipinski definition) is 1. The third kappa shape index (κ3) is 2.78. The summed E-state index contributed by atoms with van der Waals surface area (Å²) in [5.41, 5.74) is -0.526. The van der Waals surface area contributed by atoms with Gasteiger partial charge < -0.3 is 0 Å². The fourth-order valence-corrected chi connectivity index (χ4v) is 3.17. The second-order valence-corrected chi connectivity index (χ2v) is 6.36. The molecule has 134 valence electrons. The van der Waals surface area contributed by atoms with Crippen molar-refractivity contribution in [2.75, 3.05) is 0 Å². The van der Waals surface area contributed by atoms with E-state index in [2.05, 4.69) is 9.97 Å². The largest absolute Gasteiger partial charge is 0.354 e. The summed E-state index contributed by atoms with van der Waals surface area (Å²) in [5.74, 6) is 0. The average Bonchev–Trinajstić information content (AvgIpc) is 2.63. The Morgan fingerprint density at radius 2 is 1.52 bits per heavy atom. The maximum Gasteiger partial charge on any atom is 0.354 e. The van der Waals surface area contributed by atoms with Gasteiger partial charge in [0.05, 0.1) is 11.4 Å². The van der Waals surface area contributed by atoms with Crippen LogP contribution in [0.4, 0.5) is 0 Å². The minimum Gasteiger partial charge on any atom is -0.291 e. The fourth-order valence-electron chi connectivity index (χ4n) is 3.04. The molecule has 0 radical (unpaired) electrons. The molecule has 27 heavy (non-hydrogen) atoms. The van der Waals surface area contributed by atoms with E-state index in [-0.39, 0.29) is 11.0 Å². The molecule has 0 atom stereocenters. The number of benzene rings is 2. The first-order valence-electron chi connectivity index (χ1n) is 8.07. The Labute approximate surface area is 157 Å². The third-order valence-corrected chi connectivity index (χ3v) is 4.53. The standard InChI is InChI=1S/C19H13ClN4O3/c1-11-15-16(21-18(26)23(11)13-5-3-2-4-6-13)22-19(27)24(17(15)25)14-9-7-12(20)8-10-14/h2-10H,1H3,(H,21,22,26,27). The highest BCUT2D eigenvalue weighted by Gasteiger charge is 2.17. The Bertz CT molecular complexity index is 1340. The van der Waals surface area contributed by atoms with Crippen LogP contribution in [-0.4, -0.2) is 19.1 Å². The van der Waals surface area contributed by atoms with Crippen molar-refractivity contribution >= 4 is 22.6 Å². The van der Waals surface area contributed by atoms with E-state index in [0.29, 0.717) is 22.1 Å². The summed E-state index contributed by atoms with van der Waals surface area (Å²) in [6.45, 7) is 1.64. The van der Waals surface area contributed by atoms with Crippen LogP contribution in [0.3, 0.4) is 0 Å². The Kier molecular flexibility index (Phi) is 4.01. The highest BCUT2D eigenvalue weighted by Crippen LogP contribution is 2.14. The molecule has 4 aromatic rings. The second kappa shape index (κ2) is 6.37. The van der Waals surface area contributed by atoms with Crippen LogP contribution < -0.4 is 16.9 Å². The van der Waals surface area contributed by atoms with Crippen molar-refractivity contribution < 1.29 is 0 Å². The molecule has 0 amide bonds. The highest BCUT2D eigenvalue weighted by molar-refractivity contribution is 6.30. The van der Waals surface area contributed by atoms with E-state index < -0.39 is 16.9 Å². The zero-order valence-corrected chi connectivity index (χ0v) is 14.9. The molecule has 0 fully saturated rings. The number of aryl methyl sites for hydroxylation is 1. The lowest BCUT2D eigenvalue weighted by Gasteiger charge is -2.12. The Morgan fingerprint density at radius 1 is 0.889 bits per heavy atom. The molecule has 7 nitrogen and oxygen atoms in total. The smallest absolute Gasteiger partial charge is 0.291 e. The monoisotopic (exact) mass is 380 g/mol. The van der Waals surface area contributed by atoms with Gasteiger partial charge in [0, 0.05) is 10.7 Å². The molecule has 0 bridgehead atoms. The number of para-hydroxylation sites is 1. The molecule has 2 aromatic heterocycles. The lowest BCUT2D eigenvalue weighted by molar-refractivity contribution is 0.850. The van der Waals surface area contributed by atoms with E-state index in [1.807, 2.05) is 6.07 Å². The highest BCUT2D eigenvalue weighted by atomic mass is 35.5. The summed E-state index contributed by atoms with van der Waals surface area (Å²) >= 11 is 5.88. The van der Waals surface area contributed by atoms with Crippen LogP contribution in [0.1, 0.15) is 5.69 Å².